The van der Waals surface area contributed by atoms with Crippen LogP contribution >= 0.6 is 11.3 Å². The average molecular weight is 168 g/mol. The summed E-state index contributed by atoms with van der Waals surface area (Å²) in [5, 5.41) is 10.8. The fraction of sp³-hybridized carbons (Fsp3) is 0.333. The molecule has 2 rings (SSSR count). The van der Waals surface area contributed by atoms with Gasteiger partial charge in [0.25, 0.3) is 0 Å². The lowest BCUT2D eigenvalue weighted by Gasteiger charge is -1.86. The van der Waals surface area contributed by atoms with E-state index in [1.165, 1.54) is 0 Å². The third-order valence-electron chi connectivity index (χ3n) is 1.49. The van der Waals surface area contributed by atoms with Crippen LogP contribution in [0.1, 0.15) is 5.69 Å². The first-order valence-corrected chi connectivity index (χ1v) is 4.12. The van der Waals surface area contributed by atoms with E-state index >= 15 is 0 Å². The van der Waals surface area contributed by atoms with Gasteiger partial charge in [-0.05, 0) is 6.92 Å². The van der Waals surface area contributed by atoms with Gasteiger partial charge in [0.1, 0.15) is 0 Å². The largest absolute Gasteiger partial charge is 0.365 e. The molecular weight excluding hydrogens is 160 g/mol. The second-order valence-electron chi connectivity index (χ2n) is 2.27. The molecule has 0 spiro atoms. The van der Waals surface area contributed by atoms with Gasteiger partial charge in [-0.2, -0.15) is 10.1 Å². The van der Waals surface area contributed by atoms with Crippen molar-refractivity contribution in [2.45, 2.75) is 6.92 Å². The van der Waals surface area contributed by atoms with Gasteiger partial charge in [0, 0.05) is 7.05 Å². The van der Waals surface area contributed by atoms with Crippen LogP contribution in [0.5, 0.6) is 0 Å². The van der Waals surface area contributed by atoms with Crippen LogP contribution in [0.4, 0.5) is 5.13 Å². The molecule has 0 saturated heterocycles. The molecule has 5 heteroatoms. The van der Waals surface area contributed by atoms with Crippen molar-refractivity contribution in [2.24, 2.45) is 0 Å². The average Bonchev–Trinajstić information content (AvgIpc) is 2.53. The minimum absolute atomic E-state index is 0.803. The summed E-state index contributed by atoms with van der Waals surface area (Å²) in [4.78, 5) is 4.22. The molecule has 11 heavy (non-hydrogen) atoms. The number of fused-ring (bicyclic) bond motifs is 1. The van der Waals surface area contributed by atoms with Crippen molar-refractivity contribution in [1.82, 2.24) is 15.2 Å². The number of H-pyrrole nitrogens is 1. The fourth-order valence-electron chi connectivity index (χ4n) is 0.927. The van der Waals surface area contributed by atoms with E-state index in [9.17, 15) is 0 Å². The third-order valence-corrected chi connectivity index (χ3v) is 2.67. The lowest BCUT2D eigenvalue weighted by molar-refractivity contribution is 1.05. The highest BCUT2D eigenvalue weighted by molar-refractivity contribution is 7.22. The van der Waals surface area contributed by atoms with Gasteiger partial charge in [0.2, 0.25) is 0 Å². The molecule has 0 amide bonds. The zero-order valence-electron chi connectivity index (χ0n) is 6.30. The summed E-state index contributed by atoms with van der Waals surface area (Å²) in [5.41, 5.74) is 1.89. The molecule has 4 nitrogen and oxygen atoms in total. The number of thiazole rings is 1. The summed E-state index contributed by atoms with van der Waals surface area (Å²) < 4.78 is 1.13. The number of nitrogens with one attached hydrogen (secondary N) is 2. The molecule has 2 heterocycles. The van der Waals surface area contributed by atoms with Crippen molar-refractivity contribution < 1.29 is 0 Å². The van der Waals surface area contributed by atoms with Crippen LogP contribution in [-0.2, 0) is 0 Å². The van der Waals surface area contributed by atoms with Crippen molar-refractivity contribution in [2.75, 3.05) is 12.4 Å². The zero-order chi connectivity index (χ0) is 7.84. The lowest BCUT2D eigenvalue weighted by Crippen LogP contribution is -1.84. The summed E-state index contributed by atoms with van der Waals surface area (Å²) >= 11 is 1.61. The lowest BCUT2D eigenvalue weighted by atomic mass is 10.5. The predicted octanol–water partition coefficient (Wildman–Crippen LogP) is 1.37. The summed E-state index contributed by atoms with van der Waals surface area (Å²) in [7, 11) is 1.86. The van der Waals surface area contributed by atoms with Crippen LogP contribution in [0, 0.1) is 6.92 Å². The van der Waals surface area contributed by atoms with Crippen LogP contribution in [0.15, 0.2) is 0 Å². The molecule has 0 aliphatic rings. The van der Waals surface area contributed by atoms with E-state index in [2.05, 4.69) is 20.5 Å². The molecule has 0 radical (unpaired) electrons. The number of anilines is 1. The molecule has 0 unspecified atom stereocenters. The van der Waals surface area contributed by atoms with Crippen LogP contribution in [0.25, 0.3) is 10.3 Å². The van der Waals surface area contributed by atoms with Crippen LogP contribution in [0.3, 0.4) is 0 Å². The molecule has 2 aromatic heterocycles. The topological polar surface area (TPSA) is 53.6 Å². The first kappa shape index (κ1) is 6.60. The maximum atomic E-state index is 4.22. The minimum Gasteiger partial charge on any atom is -0.365 e. The summed E-state index contributed by atoms with van der Waals surface area (Å²) in [5.74, 6) is 0. The third kappa shape index (κ3) is 0.883. The Morgan fingerprint density at radius 2 is 2.36 bits per heavy atom. The Labute approximate surface area is 67.7 Å². The molecule has 2 N–H and O–H groups in total. The van der Waals surface area contributed by atoms with Crippen LogP contribution < -0.4 is 5.32 Å². The zero-order valence-corrected chi connectivity index (χ0v) is 7.12. The number of hydrogen-bond donors (Lipinski definition) is 2. The standard InChI is InChI=1S/C6H8N4S/c1-3-4-5(10-9-3)8-6(7-2)11-4/h1-2H3,(H2,7,8,9,10). The first-order valence-electron chi connectivity index (χ1n) is 3.30. The van der Waals surface area contributed by atoms with E-state index in [0.29, 0.717) is 0 Å². The van der Waals surface area contributed by atoms with E-state index in [0.717, 1.165) is 21.2 Å². The highest BCUT2D eigenvalue weighted by Crippen LogP contribution is 2.25. The van der Waals surface area contributed by atoms with Gasteiger partial charge in [-0.15, -0.1) is 0 Å². The molecule has 0 fully saturated rings. The quantitative estimate of drug-likeness (QED) is 0.676. The van der Waals surface area contributed by atoms with Gasteiger partial charge in [-0.25, -0.2) is 0 Å². The van der Waals surface area contributed by atoms with Gasteiger partial charge in [0.15, 0.2) is 10.8 Å². The van der Waals surface area contributed by atoms with Gasteiger partial charge >= 0.3 is 0 Å². The molecule has 0 aliphatic heterocycles. The Morgan fingerprint density at radius 1 is 1.55 bits per heavy atom. The second kappa shape index (κ2) is 2.20. The van der Waals surface area contributed by atoms with Crippen molar-refractivity contribution in [3.05, 3.63) is 5.69 Å². The smallest absolute Gasteiger partial charge is 0.194 e. The van der Waals surface area contributed by atoms with E-state index < -0.39 is 0 Å². The Hall–Kier alpha value is -1.10. The Balaban J connectivity index is 2.70. The van der Waals surface area contributed by atoms with Gasteiger partial charge in [0.05, 0.1) is 10.4 Å². The molecule has 0 bridgehead atoms. The highest BCUT2D eigenvalue weighted by atomic mass is 32.1. The monoisotopic (exact) mass is 168 g/mol. The first-order chi connectivity index (χ1) is 5.31. The van der Waals surface area contributed by atoms with Gasteiger partial charge in [-0.1, -0.05) is 11.3 Å². The number of aromatic amines is 1. The number of hydrogen-bond acceptors (Lipinski definition) is 4. The molecule has 0 atom stereocenters. The predicted molar refractivity (Wildman–Crippen MR) is 46.0 cm³/mol. The maximum absolute atomic E-state index is 4.22. The SMILES string of the molecule is CNc1nc2n[nH]c(C)c2s1. The summed E-state index contributed by atoms with van der Waals surface area (Å²) in [6, 6.07) is 0. The molecule has 58 valence electrons. The summed E-state index contributed by atoms with van der Waals surface area (Å²) in [6.07, 6.45) is 0. The second-order valence-corrected chi connectivity index (χ2v) is 3.27. The Bertz CT molecular complexity index is 375. The molecule has 0 saturated carbocycles. The number of aryl methyl sites for hydroxylation is 1. The minimum atomic E-state index is 0.803. The van der Waals surface area contributed by atoms with Gasteiger partial charge < -0.3 is 5.32 Å². The molecular formula is C6H8N4S. The highest BCUT2D eigenvalue weighted by Gasteiger charge is 2.06. The Kier molecular flexibility index (Phi) is 1.32. The Morgan fingerprint density at radius 3 is 3.00 bits per heavy atom. The van der Waals surface area contributed by atoms with Crippen LogP contribution in [-0.4, -0.2) is 22.2 Å². The van der Waals surface area contributed by atoms with Gasteiger partial charge in [-0.3, -0.25) is 5.10 Å². The maximum Gasteiger partial charge on any atom is 0.194 e. The van der Waals surface area contributed by atoms with E-state index in [-0.39, 0.29) is 0 Å². The molecule has 0 aromatic carbocycles. The van der Waals surface area contributed by atoms with Crippen LogP contribution in [0.2, 0.25) is 0 Å². The van der Waals surface area contributed by atoms with Crippen molar-refractivity contribution in [3.63, 3.8) is 0 Å². The molecule has 2 aromatic rings. The van der Waals surface area contributed by atoms with Crippen molar-refractivity contribution in [1.29, 1.82) is 0 Å². The molecule has 0 aliphatic carbocycles. The van der Waals surface area contributed by atoms with E-state index in [1.807, 2.05) is 14.0 Å². The fourth-order valence-corrected chi connectivity index (χ4v) is 1.74. The van der Waals surface area contributed by atoms with E-state index in [1.54, 1.807) is 11.3 Å². The normalized spacial score (nSPS) is 10.7. The summed E-state index contributed by atoms with van der Waals surface area (Å²) in [6.45, 7) is 1.99. The number of nitrogens with zero attached hydrogens (tertiary/aromatic N) is 2. The van der Waals surface area contributed by atoms with Crippen molar-refractivity contribution in [3.8, 4) is 0 Å². The van der Waals surface area contributed by atoms with E-state index in [4.69, 9.17) is 0 Å². The van der Waals surface area contributed by atoms with Crippen molar-refractivity contribution >= 4 is 26.8 Å². The number of rotatable bonds is 1. The number of aromatic nitrogens is 3.